The minimum Gasteiger partial charge on any atom is -0.478 e. The second-order valence-electron chi connectivity index (χ2n) is 4.88. The molecule has 0 amide bonds. The van der Waals surface area contributed by atoms with E-state index < -0.39 is 5.97 Å². The van der Waals surface area contributed by atoms with Crippen molar-refractivity contribution in [3.05, 3.63) is 24.0 Å². The number of carbonyl (C=O) groups is 1. The van der Waals surface area contributed by atoms with Crippen molar-refractivity contribution in [2.24, 2.45) is 0 Å². The summed E-state index contributed by atoms with van der Waals surface area (Å²) in [5.41, 5.74) is 0.702. The Balaban J connectivity index is 2.10. The summed E-state index contributed by atoms with van der Waals surface area (Å²) in [6.07, 6.45) is 10.8. The van der Waals surface area contributed by atoms with E-state index in [1.165, 1.54) is 31.8 Å². The molecule has 0 aliphatic carbocycles. The number of rotatable bonds is 3. The third-order valence-electron chi connectivity index (χ3n) is 3.39. The lowest BCUT2D eigenvalue weighted by Crippen LogP contribution is -2.33. The number of carboxylic acid groups (broad SMARTS) is 1. The molecule has 1 saturated heterocycles. The Bertz CT molecular complexity index is 456. The van der Waals surface area contributed by atoms with Gasteiger partial charge in [-0.05, 0) is 25.8 Å². The van der Waals surface area contributed by atoms with E-state index in [9.17, 15) is 4.79 Å². The lowest BCUT2D eigenvalue weighted by Gasteiger charge is -2.26. The van der Waals surface area contributed by atoms with Crippen LogP contribution in [0.3, 0.4) is 0 Å². The molecule has 5 nitrogen and oxygen atoms in total. The molecular formula is C14H19N3O2. The van der Waals surface area contributed by atoms with Gasteiger partial charge < -0.3 is 10.0 Å². The van der Waals surface area contributed by atoms with Gasteiger partial charge in [0, 0.05) is 36.6 Å². The highest BCUT2D eigenvalue weighted by Gasteiger charge is 2.18. The normalized spacial score (nSPS) is 20.5. The highest BCUT2D eigenvalue weighted by Crippen LogP contribution is 2.20. The third-order valence-corrected chi connectivity index (χ3v) is 3.39. The molecule has 2 heterocycles. The van der Waals surface area contributed by atoms with Crippen molar-refractivity contribution in [3.8, 4) is 0 Å². The Morgan fingerprint density at radius 2 is 2.11 bits per heavy atom. The van der Waals surface area contributed by atoms with Crippen LogP contribution in [0.25, 0.3) is 6.08 Å². The highest BCUT2D eigenvalue weighted by atomic mass is 16.4. The van der Waals surface area contributed by atoms with Crippen molar-refractivity contribution < 1.29 is 9.90 Å². The lowest BCUT2D eigenvalue weighted by atomic mass is 10.1. The molecule has 5 heteroatoms. The summed E-state index contributed by atoms with van der Waals surface area (Å²) in [7, 11) is 0. The second-order valence-corrected chi connectivity index (χ2v) is 4.88. The van der Waals surface area contributed by atoms with Gasteiger partial charge in [0.2, 0.25) is 5.95 Å². The van der Waals surface area contributed by atoms with Crippen LogP contribution in [0.2, 0.25) is 0 Å². The topological polar surface area (TPSA) is 66.3 Å². The van der Waals surface area contributed by atoms with Crippen molar-refractivity contribution in [2.45, 2.75) is 38.6 Å². The van der Waals surface area contributed by atoms with Crippen LogP contribution in [-0.4, -0.2) is 33.6 Å². The van der Waals surface area contributed by atoms with E-state index in [0.717, 1.165) is 18.6 Å². The molecule has 0 saturated carbocycles. The molecule has 1 unspecified atom stereocenters. The van der Waals surface area contributed by atoms with Crippen LogP contribution >= 0.6 is 0 Å². The van der Waals surface area contributed by atoms with Gasteiger partial charge in [-0.3, -0.25) is 0 Å². The van der Waals surface area contributed by atoms with E-state index in [4.69, 9.17) is 5.11 Å². The Kier molecular flexibility index (Phi) is 4.49. The minimum atomic E-state index is -0.967. The molecule has 1 atom stereocenters. The summed E-state index contributed by atoms with van der Waals surface area (Å²) < 4.78 is 0. The van der Waals surface area contributed by atoms with E-state index in [1.54, 1.807) is 12.4 Å². The fourth-order valence-electron chi connectivity index (χ4n) is 2.31. The van der Waals surface area contributed by atoms with Crippen molar-refractivity contribution in [1.82, 2.24) is 9.97 Å². The summed E-state index contributed by atoms with van der Waals surface area (Å²) in [5, 5.41) is 8.56. The molecule has 0 spiro atoms. The summed E-state index contributed by atoms with van der Waals surface area (Å²) in [6.45, 7) is 3.19. The highest BCUT2D eigenvalue weighted by molar-refractivity contribution is 5.85. The first-order valence-electron chi connectivity index (χ1n) is 6.66. The van der Waals surface area contributed by atoms with Crippen LogP contribution in [0.5, 0.6) is 0 Å². The molecule has 0 bridgehead atoms. The predicted octanol–water partition coefficient (Wildman–Crippen LogP) is 2.34. The molecule has 19 heavy (non-hydrogen) atoms. The molecule has 2 rings (SSSR count). The Hall–Kier alpha value is -1.91. The zero-order valence-corrected chi connectivity index (χ0v) is 11.1. The standard InChI is InChI=1S/C14H19N3O2/c1-11-5-3-2-4-8-17(11)14-15-9-12(10-16-14)6-7-13(18)19/h6-7,9-11H,2-5,8H2,1H3,(H,18,19)/b7-6+. The van der Waals surface area contributed by atoms with E-state index in [-0.39, 0.29) is 0 Å². The monoisotopic (exact) mass is 261 g/mol. The first kappa shape index (κ1) is 13.5. The Morgan fingerprint density at radius 1 is 1.37 bits per heavy atom. The molecule has 1 aromatic heterocycles. The average Bonchev–Trinajstić information content (AvgIpc) is 2.62. The van der Waals surface area contributed by atoms with Gasteiger partial charge in [0.05, 0.1) is 0 Å². The molecule has 0 aromatic carbocycles. The molecule has 1 aliphatic rings. The van der Waals surface area contributed by atoms with Crippen molar-refractivity contribution in [1.29, 1.82) is 0 Å². The van der Waals surface area contributed by atoms with Gasteiger partial charge in [-0.25, -0.2) is 14.8 Å². The van der Waals surface area contributed by atoms with Gasteiger partial charge >= 0.3 is 5.97 Å². The first-order chi connectivity index (χ1) is 9.16. The molecule has 102 valence electrons. The SMILES string of the molecule is CC1CCCCCN1c1ncc(/C=C/C(=O)O)cn1. The van der Waals surface area contributed by atoms with Crippen LogP contribution in [0.4, 0.5) is 5.95 Å². The zero-order chi connectivity index (χ0) is 13.7. The smallest absolute Gasteiger partial charge is 0.328 e. The number of anilines is 1. The summed E-state index contributed by atoms with van der Waals surface area (Å²) in [5.74, 6) is -0.230. The van der Waals surface area contributed by atoms with Gasteiger partial charge in [0.15, 0.2) is 0 Å². The maximum atomic E-state index is 10.4. The number of carboxylic acids is 1. The second kappa shape index (κ2) is 6.31. The number of hydrogen-bond acceptors (Lipinski definition) is 4. The van der Waals surface area contributed by atoms with Crippen LogP contribution in [-0.2, 0) is 4.79 Å². The lowest BCUT2D eigenvalue weighted by molar-refractivity contribution is -0.131. The molecule has 1 N–H and O–H groups in total. The van der Waals surface area contributed by atoms with Crippen LogP contribution in [0.1, 0.15) is 38.2 Å². The number of nitrogens with zero attached hydrogens (tertiary/aromatic N) is 3. The Morgan fingerprint density at radius 3 is 2.79 bits per heavy atom. The van der Waals surface area contributed by atoms with Crippen LogP contribution in [0.15, 0.2) is 18.5 Å². The Labute approximate surface area is 113 Å². The fourth-order valence-corrected chi connectivity index (χ4v) is 2.31. The quantitative estimate of drug-likeness (QED) is 0.846. The zero-order valence-electron chi connectivity index (χ0n) is 11.1. The first-order valence-corrected chi connectivity index (χ1v) is 6.66. The van der Waals surface area contributed by atoms with E-state index >= 15 is 0 Å². The van der Waals surface area contributed by atoms with Crippen molar-refractivity contribution in [2.75, 3.05) is 11.4 Å². The van der Waals surface area contributed by atoms with Crippen LogP contribution in [0, 0.1) is 0 Å². The van der Waals surface area contributed by atoms with Gasteiger partial charge in [-0.15, -0.1) is 0 Å². The summed E-state index contributed by atoms with van der Waals surface area (Å²) in [6, 6.07) is 0.461. The number of hydrogen-bond donors (Lipinski definition) is 1. The number of aliphatic carboxylic acids is 1. The van der Waals surface area contributed by atoms with Gasteiger partial charge in [-0.2, -0.15) is 0 Å². The van der Waals surface area contributed by atoms with E-state index in [0.29, 0.717) is 11.6 Å². The van der Waals surface area contributed by atoms with Gasteiger partial charge in [0.1, 0.15) is 0 Å². The maximum absolute atomic E-state index is 10.4. The van der Waals surface area contributed by atoms with E-state index in [1.807, 2.05) is 0 Å². The summed E-state index contributed by atoms with van der Waals surface area (Å²) >= 11 is 0. The van der Waals surface area contributed by atoms with Crippen molar-refractivity contribution in [3.63, 3.8) is 0 Å². The van der Waals surface area contributed by atoms with Crippen LogP contribution < -0.4 is 4.90 Å². The molecule has 1 fully saturated rings. The summed E-state index contributed by atoms with van der Waals surface area (Å²) in [4.78, 5) is 21.4. The van der Waals surface area contributed by atoms with E-state index in [2.05, 4.69) is 21.8 Å². The predicted molar refractivity (Wildman–Crippen MR) is 74.0 cm³/mol. The van der Waals surface area contributed by atoms with Gasteiger partial charge in [-0.1, -0.05) is 12.8 Å². The average molecular weight is 261 g/mol. The largest absolute Gasteiger partial charge is 0.478 e. The van der Waals surface area contributed by atoms with Crippen molar-refractivity contribution >= 4 is 18.0 Å². The molecule has 1 aliphatic heterocycles. The molecular weight excluding hydrogens is 242 g/mol. The molecule has 1 aromatic rings. The minimum absolute atomic E-state index is 0.461. The fraction of sp³-hybridized carbons (Fsp3) is 0.500. The molecule has 0 radical (unpaired) electrons. The third kappa shape index (κ3) is 3.77. The number of aromatic nitrogens is 2. The maximum Gasteiger partial charge on any atom is 0.328 e. The van der Waals surface area contributed by atoms with Gasteiger partial charge in [0.25, 0.3) is 0 Å².